The Hall–Kier alpha value is -5.03. The highest BCUT2D eigenvalue weighted by molar-refractivity contribution is 7.98. The summed E-state index contributed by atoms with van der Waals surface area (Å²) in [7, 11) is 0. The van der Waals surface area contributed by atoms with Crippen LogP contribution in [0.2, 0.25) is 0 Å². The number of primary amides is 1. The fraction of sp³-hybridized carbons (Fsp3) is 0.756. The highest BCUT2D eigenvalue weighted by Crippen LogP contribution is 2.12. The molecule has 9 atom stereocenters. The standard InChI is InChI=1S/C41H74N10O12S/c1-9-23(6)33(41(62)63)51-38(59)27(13-14-31(44)52)48-40(61)30(20-32(53)54)50-39(60)29(19-22(4)5)49-37(58)28(15-17-64-8)46-34(55)24(7)45-36(57)26(12-10-11-16-42)47-35(56)25(43)18-21(2)3/h21-30,33H,9-20,42-43H2,1-8H3,(H2,44,52)(H,45,57)(H,46,55)(H,47,56)(H,48,61)(H,49,58)(H,50,60)(H,51,59)(H,53,54)(H,62,63)/t23-,24-,25-,26-,27-,28-,29-,30-,33-/m0/s1. The van der Waals surface area contributed by atoms with Crippen LogP contribution in [0.4, 0.5) is 0 Å². The SMILES string of the molecule is CC[C@H](C)[C@H](NC(=O)[C@H](CCC(N)=O)NC(=O)[C@H](CC(=O)O)NC(=O)[C@H](CC(C)C)NC(=O)[C@H](CCSC)NC(=O)[C@H](C)NC(=O)[C@H](CCCCN)NC(=O)[C@@H](N)CC(C)C)C(=O)O. The number of nitrogens with two attached hydrogens (primary N) is 3. The molecular weight excluding hydrogens is 857 g/mol. The Morgan fingerprint density at radius 3 is 1.56 bits per heavy atom. The van der Waals surface area contributed by atoms with E-state index in [4.69, 9.17) is 17.2 Å². The van der Waals surface area contributed by atoms with Crippen molar-refractivity contribution in [2.45, 2.75) is 161 Å². The molecule has 15 N–H and O–H groups in total. The minimum atomic E-state index is -1.82. The highest BCUT2D eigenvalue weighted by Gasteiger charge is 2.35. The van der Waals surface area contributed by atoms with Gasteiger partial charge in [-0.15, -0.1) is 0 Å². The van der Waals surface area contributed by atoms with Gasteiger partial charge in [0.25, 0.3) is 0 Å². The fourth-order valence-electron chi connectivity index (χ4n) is 6.23. The molecule has 8 amide bonds. The quantitative estimate of drug-likeness (QED) is 0.0336. The molecule has 0 saturated carbocycles. The lowest BCUT2D eigenvalue weighted by Crippen LogP contribution is -2.60. The van der Waals surface area contributed by atoms with Gasteiger partial charge in [0.05, 0.1) is 12.5 Å². The van der Waals surface area contributed by atoms with Crippen LogP contribution in [0.3, 0.4) is 0 Å². The van der Waals surface area contributed by atoms with Crippen LogP contribution in [0.5, 0.6) is 0 Å². The molecule has 0 rings (SSSR count). The maximum absolute atomic E-state index is 13.8. The lowest BCUT2D eigenvalue weighted by molar-refractivity contribution is -0.144. The lowest BCUT2D eigenvalue weighted by Gasteiger charge is -2.28. The first-order valence-corrected chi connectivity index (χ1v) is 23.1. The lowest BCUT2D eigenvalue weighted by atomic mass is 9.98. The highest BCUT2D eigenvalue weighted by atomic mass is 32.2. The molecule has 0 spiro atoms. The zero-order chi connectivity index (χ0) is 49.3. The van der Waals surface area contributed by atoms with Gasteiger partial charge in [-0.05, 0) is 88.2 Å². The largest absolute Gasteiger partial charge is 0.481 e. The molecule has 0 bridgehead atoms. The van der Waals surface area contributed by atoms with Gasteiger partial charge in [0.2, 0.25) is 47.3 Å². The van der Waals surface area contributed by atoms with Gasteiger partial charge in [-0.1, -0.05) is 48.0 Å². The number of hydrogen-bond donors (Lipinski definition) is 12. The van der Waals surface area contributed by atoms with Gasteiger partial charge in [-0.25, -0.2) is 4.79 Å². The van der Waals surface area contributed by atoms with Gasteiger partial charge in [-0.2, -0.15) is 11.8 Å². The van der Waals surface area contributed by atoms with E-state index in [9.17, 15) is 58.2 Å². The molecule has 0 aliphatic carbocycles. The van der Waals surface area contributed by atoms with Crippen molar-refractivity contribution >= 4 is 71.0 Å². The normalized spacial score (nSPS) is 15.4. The van der Waals surface area contributed by atoms with Crippen LogP contribution in [0, 0.1) is 17.8 Å². The van der Waals surface area contributed by atoms with Gasteiger partial charge in [-0.3, -0.25) is 43.2 Å². The Labute approximate surface area is 380 Å². The van der Waals surface area contributed by atoms with E-state index in [1.807, 2.05) is 13.8 Å². The zero-order valence-electron chi connectivity index (χ0n) is 38.5. The molecule has 0 aromatic heterocycles. The Bertz CT molecular complexity index is 1590. The van der Waals surface area contributed by atoms with Crippen molar-refractivity contribution in [3.8, 4) is 0 Å². The van der Waals surface area contributed by atoms with E-state index in [0.717, 1.165) is 0 Å². The van der Waals surface area contributed by atoms with E-state index in [2.05, 4.69) is 37.2 Å². The number of carboxylic acids is 2. The summed E-state index contributed by atoms with van der Waals surface area (Å²) in [4.78, 5) is 129. The van der Waals surface area contributed by atoms with E-state index in [-0.39, 0.29) is 37.5 Å². The van der Waals surface area contributed by atoms with Crippen molar-refractivity contribution in [1.82, 2.24) is 37.2 Å². The van der Waals surface area contributed by atoms with E-state index >= 15 is 0 Å². The topological polar surface area (TPSA) is 373 Å². The molecule has 0 heterocycles. The Morgan fingerprint density at radius 1 is 0.578 bits per heavy atom. The summed E-state index contributed by atoms with van der Waals surface area (Å²) in [5, 5.41) is 36.7. The number of carboxylic acid groups (broad SMARTS) is 2. The second-order valence-corrected chi connectivity index (χ2v) is 17.8. The minimum absolute atomic E-state index is 0.0113. The number of nitrogens with one attached hydrogen (secondary N) is 7. The van der Waals surface area contributed by atoms with Gasteiger partial charge >= 0.3 is 11.9 Å². The van der Waals surface area contributed by atoms with E-state index in [1.54, 1.807) is 34.0 Å². The number of amides is 8. The molecule has 0 aromatic carbocycles. The molecule has 0 fully saturated rings. The molecule has 0 radical (unpaired) electrons. The molecule has 0 saturated heterocycles. The molecule has 64 heavy (non-hydrogen) atoms. The Kier molecular flexibility index (Phi) is 28.5. The molecule has 23 heteroatoms. The van der Waals surface area contributed by atoms with E-state index in [0.29, 0.717) is 38.0 Å². The molecule has 0 aromatic rings. The molecular formula is C41H74N10O12S. The first-order valence-electron chi connectivity index (χ1n) is 21.7. The number of rotatable bonds is 33. The van der Waals surface area contributed by atoms with Crippen molar-refractivity contribution in [3.05, 3.63) is 0 Å². The monoisotopic (exact) mass is 931 g/mol. The maximum Gasteiger partial charge on any atom is 0.326 e. The molecule has 0 aliphatic heterocycles. The number of unbranched alkanes of at least 4 members (excludes halogenated alkanes) is 1. The van der Waals surface area contributed by atoms with E-state index < -0.39 is 126 Å². The number of thioether (sulfide) groups is 1. The van der Waals surface area contributed by atoms with Crippen molar-refractivity contribution in [1.29, 1.82) is 0 Å². The number of carbonyl (C=O) groups is 10. The third kappa shape index (κ3) is 23.6. The third-order valence-corrected chi connectivity index (χ3v) is 10.7. The number of aliphatic carboxylic acids is 2. The predicted molar refractivity (Wildman–Crippen MR) is 240 cm³/mol. The summed E-state index contributed by atoms with van der Waals surface area (Å²) in [5.74, 6) is -9.86. The van der Waals surface area contributed by atoms with Crippen molar-refractivity contribution in [2.24, 2.45) is 35.0 Å². The van der Waals surface area contributed by atoms with Crippen molar-refractivity contribution in [2.75, 3.05) is 18.6 Å². The molecule has 0 unspecified atom stereocenters. The van der Waals surface area contributed by atoms with Crippen LogP contribution in [-0.4, -0.2) is 136 Å². The van der Waals surface area contributed by atoms with Gasteiger partial charge in [0.1, 0.15) is 42.3 Å². The molecule has 366 valence electrons. The average Bonchev–Trinajstić information content (AvgIpc) is 3.20. The van der Waals surface area contributed by atoms with Crippen LogP contribution in [0.25, 0.3) is 0 Å². The summed E-state index contributed by atoms with van der Waals surface area (Å²) < 4.78 is 0. The Balaban J connectivity index is 6.31. The van der Waals surface area contributed by atoms with Crippen LogP contribution in [0.15, 0.2) is 0 Å². The summed E-state index contributed by atoms with van der Waals surface area (Å²) in [5.41, 5.74) is 16.9. The van der Waals surface area contributed by atoms with E-state index in [1.165, 1.54) is 18.7 Å². The van der Waals surface area contributed by atoms with Gasteiger partial charge in [0.15, 0.2) is 0 Å². The first-order chi connectivity index (χ1) is 29.9. The van der Waals surface area contributed by atoms with Crippen LogP contribution in [-0.2, 0) is 47.9 Å². The molecule has 0 aliphatic rings. The number of hydrogen-bond acceptors (Lipinski definition) is 13. The second-order valence-electron chi connectivity index (χ2n) is 16.8. The van der Waals surface area contributed by atoms with Crippen molar-refractivity contribution in [3.63, 3.8) is 0 Å². The maximum atomic E-state index is 13.8. The van der Waals surface area contributed by atoms with Crippen LogP contribution in [0.1, 0.15) is 113 Å². The van der Waals surface area contributed by atoms with Crippen LogP contribution >= 0.6 is 11.8 Å². The summed E-state index contributed by atoms with van der Waals surface area (Å²) in [6.45, 7) is 12.3. The summed E-state index contributed by atoms with van der Waals surface area (Å²) in [6, 6.07) is -10.4. The average molecular weight is 931 g/mol. The zero-order valence-corrected chi connectivity index (χ0v) is 39.3. The second kappa shape index (κ2) is 30.9. The van der Waals surface area contributed by atoms with Gasteiger partial charge < -0.3 is 64.6 Å². The molecule has 22 nitrogen and oxygen atoms in total. The number of carbonyl (C=O) groups excluding carboxylic acids is 8. The third-order valence-electron chi connectivity index (χ3n) is 10.1. The first kappa shape index (κ1) is 59.0. The van der Waals surface area contributed by atoms with Crippen molar-refractivity contribution < 1.29 is 58.2 Å². The smallest absolute Gasteiger partial charge is 0.326 e. The fourth-order valence-corrected chi connectivity index (χ4v) is 6.70. The summed E-state index contributed by atoms with van der Waals surface area (Å²) >= 11 is 1.37. The Morgan fingerprint density at radius 2 is 1.05 bits per heavy atom. The minimum Gasteiger partial charge on any atom is -0.481 e. The predicted octanol–water partition coefficient (Wildman–Crippen LogP) is -1.43. The van der Waals surface area contributed by atoms with Crippen LogP contribution < -0.4 is 54.4 Å². The summed E-state index contributed by atoms with van der Waals surface area (Å²) in [6.07, 6.45) is 2.12. The van der Waals surface area contributed by atoms with Gasteiger partial charge in [0, 0.05) is 6.42 Å².